The molecular formula is C16H19N5O6. The smallest absolute Gasteiger partial charge is 0.338 e. The quantitative estimate of drug-likeness (QED) is 0.690. The van der Waals surface area contributed by atoms with Crippen LogP contribution in [-0.4, -0.2) is 73.5 Å². The number of hydrogen-bond acceptors (Lipinski definition) is 8. The average Bonchev–Trinajstić information content (AvgIpc) is 3.12. The van der Waals surface area contributed by atoms with E-state index < -0.39 is 23.6 Å². The van der Waals surface area contributed by atoms with E-state index in [2.05, 4.69) is 15.3 Å². The van der Waals surface area contributed by atoms with Crippen LogP contribution in [0.5, 0.6) is 5.88 Å². The normalized spacial score (nSPS) is 19.6. The van der Waals surface area contributed by atoms with Gasteiger partial charge in [0, 0.05) is 18.3 Å². The topological polar surface area (TPSA) is 140 Å². The number of carbonyl (C=O) groups is 2. The molecule has 2 N–H and O–H groups in total. The van der Waals surface area contributed by atoms with Crippen molar-refractivity contribution in [1.29, 1.82) is 0 Å². The highest BCUT2D eigenvalue weighted by atomic mass is 16.5. The van der Waals surface area contributed by atoms with Crippen LogP contribution in [0.15, 0.2) is 24.5 Å². The Labute approximate surface area is 154 Å². The summed E-state index contributed by atoms with van der Waals surface area (Å²) in [5, 5.41) is 31.2. The summed E-state index contributed by atoms with van der Waals surface area (Å²) in [7, 11) is 0. The fourth-order valence-electron chi connectivity index (χ4n) is 2.61. The maximum Gasteiger partial charge on any atom is 0.338 e. The second kappa shape index (κ2) is 7.29. The third kappa shape index (κ3) is 3.59. The highest BCUT2D eigenvalue weighted by Crippen LogP contribution is 2.24. The largest absolute Gasteiger partial charge is 0.479 e. The van der Waals surface area contributed by atoms with Gasteiger partial charge in [0.2, 0.25) is 5.88 Å². The molecule has 3 rings (SSSR count). The summed E-state index contributed by atoms with van der Waals surface area (Å²) in [5.74, 6) is -1.59. The maximum atomic E-state index is 12.6. The predicted octanol–water partition coefficient (Wildman–Crippen LogP) is -0.372. The molecule has 27 heavy (non-hydrogen) atoms. The fourth-order valence-corrected chi connectivity index (χ4v) is 2.61. The molecule has 0 aromatic carbocycles. The van der Waals surface area contributed by atoms with E-state index >= 15 is 0 Å². The summed E-state index contributed by atoms with van der Waals surface area (Å²) in [6, 6.07) is 3.24. The summed E-state index contributed by atoms with van der Waals surface area (Å²) >= 11 is 0. The first-order valence-corrected chi connectivity index (χ1v) is 8.25. The van der Waals surface area contributed by atoms with Gasteiger partial charge in [0.15, 0.2) is 17.5 Å². The summed E-state index contributed by atoms with van der Waals surface area (Å²) in [6.07, 6.45) is 1.58. The van der Waals surface area contributed by atoms with E-state index in [0.717, 1.165) is 6.92 Å². The first-order valence-electron chi connectivity index (χ1n) is 8.25. The predicted molar refractivity (Wildman–Crippen MR) is 90.7 cm³/mol. The van der Waals surface area contributed by atoms with Crippen molar-refractivity contribution in [2.45, 2.75) is 25.6 Å². The van der Waals surface area contributed by atoms with E-state index in [4.69, 9.17) is 14.6 Å². The summed E-state index contributed by atoms with van der Waals surface area (Å²) < 4.78 is 12.0. The van der Waals surface area contributed by atoms with Crippen molar-refractivity contribution in [3.63, 3.8) is 0 Å². The van der Waals surface area contributed by atoms with Crippen molar-refractivity contribution in [3.05, 3.63) is 24.5 Å². The Morgan fingerprint density at radius 1 is 1.52 bits per heavy atom. The van der Waals surface area contributed by atoms with Crippen LogP contribution in [0.1, 0.15) is 13.8 Å². The average molecular weight is 377 g/mol. The lowest BCUT2D eigenvalue weighted by molar-refractivity contribution is -0.180. The van der Waals surface area contributed by atoms with Crippen LogP contribution in [0, 0.1) is 0 Å². The van der Waals surface area contributed by atoms with E-state index in [1.165, 1.54) is 15.8 Å². The molecule has 1 amide bonds. The molecule has 11 nitrogen and oxygen atoms in total. The van der Waals surface area contributed by atoms with E-state index in [0.29, 0.717) is 24.0 Å². The van der Waals surface area contributed by atoms with Gasteiger partial charge < -0.3 is 19.7 Å². The Balaban J connectivity index is 1.84. The number of carboxylic acid groups (broad SMARTS) is 1. The third-order valence-electron chi connectivity index (χ3n) is 4.06. The monoisotopic (exact) mass is 377 g/mol. The highest BCUT2D eigenvalue weighted by molar-refractivity contribution is 6.00. The molecule has 1 aliphatic rings. The van der Waals surface area contributed by atoms with Crippen molar-refractivity contribution in [2.24, 2.45) is 0 Å². The van der Waals surface area contributed by atoms with Crippen LogP contribution >= 0.6 is 0 Å². The van der Waals surface area contributed by atoms with Gasteiger partial charge in [0.05, 0.1) is 31.6 Å². The molecule has 0 bridgehead atoms. The number of aliphatic carboxylic acids is 1. The molecule has 144 valence electrons. The molecule has 1 fully saturated rings. The van der Waals surface area contributed by atoms with Crippen molar-refractivity contribution in [1.82, 2.24) is 20.0 Å². The number of anilines is 1. The Morgan fingerprint density at radius 3 is 3.00 bits per heavy atom. The Kier molecular flexibility index (Phi) is 5.06. The minimum Gasteiger partial charge on any atom is -0.479 e. The lowest BCUT2D eigenvalue weighted by Crippen LogP contribution is -2.60. The van der Waals surface area contributed by atoms with E-state index in [9.17, 15) is 14.7 Å². The van der Waals surface area contributed by atoms with Crippen LogP contribution < -0.4 is 9.64 Å². The van der Waals surface area contributed by atoms with Crippen LogP contribution in [0.2, 0.25) is 0 Å². The summed E-state index contributed by atoms with van der Waals surface area (Å²) in [5.41, 5.74) is -1.77. The first-order chi connectivity index (χ1) is 12.8. The lowest BCUT2D eigenvalue weighted by atomic mass is 9.97. The van der Waals surface area contributed by atoms with Gasteiger partial charge in [0.1, 0.15) is 0 Å². The van der Waals surface area contributed by atoms with Gasteiger partial charge in [0.25, 0.3) is 5.91 Å². The van der Waals surface area contributed by atoms with Crippen LogP contribution in [-0.2, 0) is 14.3 Å². The molecule has 2 aromatic rings. The van der Waals surface area contributed by atoms with Crippen LogP contribution in [0.4, 0.5) is 5.82 Å². The number of carbonyl (C=O) groups excluding carboxylic acids is 1. The number of nitrogens with zero attached hydrogens (tertiary/aromatic N) is 5. The first kappa shape index (κ1) is 18.7. The molecule has 11 heteroatoms. The van der Waals surface area contributed by atoms with Gasteiger partial charge in [-0.2, -0.15) is 5.10 Å². The fraction of sp³-hybridized carbons (Fsp3) is 0.438. The number of aliphatic hydroxyl groups is 1. The number of ether oxygens (including phenoxy) is 2. The number of hydrogen-bond donors (Lipinski definition) is 2. The Hall–Kier alpha value is -3.05. The molecule has 0 spiro atoms. The zero-order valence-corrected chi connectivity index (χ0v) is 14.8. The second-order valence-electron chi connectivity index (χ2n) is 6.00. The molecule has 3 heterocycles. The van der Waals surface area contributed by atoms with E-state index in [-0.39, 0.29) is 13.2 Å². The molecule has 0 unspecified atom stereocenters. The molecule has 2 aromatic heterocycles. The molecule has 0 radical (unpaired) electrons. The maximum absolute atomic E-state index is 12.6. The Bertz CT molecular complexity index is 851. The SMILES string of the molecule is CCOc1cc(-n2ccc(N3CCO[C@H]([C@@](C)(O)C(=O)O)C3=O)n2)cnn1. The number of rotatable bonds is 6. The summed E-state index contributed by atoms with van der Waals surface area (Å²) in [4.78, 5) is 25.2. The number of morpholine rings is 1. The van der Waals surface area contributed by atoms with Gasteiger partial charge in [-0.15, -0.1) is 10.2 Å². The van der Waals surface area contributed by atoms with Gasteiger partial charge >= 0.3 is 5.97 Å². The molecule has 2 atom stereocenters. The molecule has 0 aliphatic carbocycles. The minimum absolute atomic E-state index is 0.0675. The van der Waals surface area contributed by atoms with Gasteiger partial charge in [-0.25, -0.2) is 9.48 Å². The van der Waals surface area contributed by atoms with Gasteiger partial charge in [-0.3, -0.25) is 9.69 Å². The van der Waals surface area contributed by atoms with E-state index in [1.54, 1.807) is 18.3 Å². The molecule has 0 saturated carbocycles. The van der Waals surface area contributed by atoms with Crippen molar-refractivity contribution < 1.29 is 29.3 Å². The molecular weight excluding hydrogens is 358 g/mol. The molecule has 1 aliphatic heterocycles. The van der Waals surface area contributed by atoms with Crippen LogP contribution in [0.3, 0.4) is 0 Å². The zero-order valence-electron chi connectivity index (χ0n) is 14.8. The Morgan fingerprint density at radius 2 is 2.30 bits per heavy atom. The van der Waals surface area contributed by atoms with Crippen LogP contribution in [0.25, 0.3) is 5.69 Å². The van der Waals surface area contributed by atoms with Crippen molar-refractivity contribution in [2.75, 3.05) is 24.7 Å². The van der Waals surface area contributed by atoms with Crippen molar-refractivity contribution in [3.8, 4) is 11.6 Å². The van der Waals surface area contributed by atoms with E-state index in [1.807, 2.05) is 6.92 Å². The third-order valence-corrected chi connectivity index (χ3v) is 4.06. The minimum atomic E-state index is -2.35. The second-order valence-corrected chi connectivity index (χ2v) is 6.00. The highest BCUT2D eigenvalue weighted by Gasteiger charge is 2.49. The summed E-state index contributed by atoms with van der Waals surface area (Å²) in [6.45, 7) is 3.54. The number of carboxylic acids is 1. The zero-order chi connectivity index (χ0) is 19.6. The molecule has 1 saturated heterocycles. The standard InChI is InChI=1S/C16H19N5O6/c1-3-26-12-8-10(9-17-18-12)21-5-4-11(19-21)20-6-7-27-13(14(20)22)16(2,25)15(23)24/h4-5,8-9,13,25H,3,6-7H2,1-2H3,(H,23,24)/t13-,16+/m0/s1. The van der Waals surface area contributed by atoms with Gasteiger partial charge in [-0.1, -0.05) is 0 Å². The lowest BCUT2D eigenvalue weighted by Gasteiger charge is -2.36. The number of aromatic nitrogens is 4. The van der Waals surface area contributed by atoms with Crippen molar-refractivity contribution >= 4 is 17.7 Å². The van der Waals surface area contributed by atoms with Gasteiger partial charge in [-0.05, 0) is 13.8 Å². The number of amides is 1.